The molecule has 5 heteroatoms. The Hall–Kier alpha value is -1.98. The number of ketones is 1. The number of rotatable bonds is 5. The molecule has 0 aliphatic carbocycles. The van der Waals surface area contributed by atoms with Crippen molar-refractivity contribution in [2.24, 2.45) is 0 Å². The van der Waals surface area contributed by atoms with E-state index < -0.39 is 20.8 Å². The first-order valence-corrected chi connectivity index (χ1v) is 9.28. The monoisotopic (exact) mass is 345 g/mol. The Morgan fingerprint density at radius 2 is 1.50 bits per heavy atom. The lowest BCUT2D eigenvalue weighted by Gasteiger charge is -2.25. The van der Waals surface area contributed by atoms with Crippen molar-refractivity contribution in [2.45, 2.75) is 38.5 Å². The molecule has 0 saturated carbocycles. The Labute approximate surface area is 144 Å². The van der Waals surface area contributed by atoms with Gasteiger partial charge in [0.1, 0.15) is 6.04 Å². The maximum absolute atomic E-state index is 12.9. The van der Waals surface area contributed by atoms with E-state index in [1.165, 1.54) is 0 Å². The van der Waals surface area contributed by atoms with Crippen LogP contribution in [0.3, 0.4) is 0 Å². The zero-order valence-corrected chi connectivity index (χ0v) is 15.2. The van der Waals surface area contributed by atoms with Gasteiger partial charge in [-0.2, -0.15) is 4.72 Å². The molecule has 2 aromatic carbocycles. The molecule has 4 nitrogen and oxygen atoms in total. The van der Waals surface area contributed by atoms with E-state index in [1.807, 2.05) is 25.1 Å². The first-order valence-electron chi connectivity index (χ1n) is 7.79. The molecule has 2 rings (SSSR count). The van der Waals surface area contributed by atoms with Crippen molar-refractivity contribution in [3.8, 4) is 0 Å². The van der Waals surface area contributed by atoms with Crippen LogP contribution in [0.1, 0.15) is 48.3 Å². The quantitative estimate of drug-likeness (QED) is 0.842. The van der Waals surface area contributed by atoms with Gasteiger partial charge >= 0.3 is 0 Å². The van der Waals surface area contributed by atoms with Gasteiger partial charge in [0.15, 0.2) is 5.78 Å². The summed E-state index contributed by atoms with van der Waals surface area (Å²) in [4.78, 5) is 12.9. The molecule has 0 fully saturated rings. The zero-order chi connectivity index (χ0) is 18.0. The van der Waals surface area contributed by atoms with Gasteiger partial charge < -0.3 is 0 Å². The first kappa shape index (κ1) is 18.4. The molecule has 0 heterocycles. The summed E-state index contributed by atoms with van der Waals surface area (Å²) in [6, 6.07) is 15.1. The maximum Gasteiger partial charge on any atom is 0.217 e. The number of benzene rings is 2. The highest BCUT2D eigenvalue weighted by Gasteiger charge is 2.34. The van der Waals surface area contributed by atoms with Crippen molar-refractivity contribution in [1.29, 1.82) is 0 Å². The van der Waals surface area contributed by atoms with E-state index in [1.54, 1.807) is 57.2 Å². The van der Waals surface area contributed by atoms with Crippen LogP contribution < -0.4 is 4.72 Å². The summed E-state index contributed by atoms with van der Waals surface area (Å²) >= 11 is 0. The fraction of sp³-hybridized carbons (Fsp3) is 0.316. The van der Waals surface area contributed by atoms with Gasteiger partial charge in [0.25, 0.3) is 0 Å². The van der Waals surface area contributed by atoms with Crippen molar-refractivity contribution >= 4 is 15.8 Å². The van der Waals surface area contributed by atoms with Crippen LogP contribution in [-0.2, 0) is 10.0 Å². The van der Waals surface area contributed by atoms with Crippen molar-refractivity contribution in [3.63, 3.8) is 0 Å². The van der Waals surface area contributed by atoms with Crippen LogP contribution in [0.5, 0.6) is 0 Å². The van der Waals surface area contributed by atoms with Crippen molar-refractivity contribution < 1.29 is 13.2 Å². The van der Waals surface area contributed by atoms with Gasteiger partial charge in [0, 0.05) is 5.56 Å². The predicted octanol–water partition coefficient (Wildman–Crippen LogP) is 3.64. The fourth-order valence-electron chi connectivity index (χ4n) is 2.13. The normalized spacial score (nSPS) is 13.5. The molecule has 0 spiro atoms. The molecule has 128 valence electrons. The Kier molecular flexibility index (Phi) is 5.26. The molecule has 0 bridgehead atoms. The number of hydrogen-bond acceptors (Lipinski definition) is 3. The highest BCUT2D eigenvalue weighted by Crippen LogP contribution is 2.24. The van der Waals surface area contributed by atoms with Crippen LogP contribution in [0.4, 0.5) is 0 Å². The van der Waals surface area contributed by atoms with Crippen LogP contribution in [0.25, 0.3) is 0 Å². The Morgan fingerprint density at radius 1 is 0.958 bits per heavy atom. The second kappa shape index (κ2) is 6.87. The number of nitrogens with one attached hydrogen (secondary N) is 1. The van der Waals surface area contributed by atoms with Gasteiger partial charge in [-0.05, 0) is 33.3 Å². The summed E-state index contributed by atoms with van der Waals surface area (Å²) < 4.78 is 26.7. The molecule has 0 amide bonds. The molecule has 2 aromatic rings. The Balaban J connectivity index is 2.46. The predicted molar refractivity (Wildman–Crippen MR) is 96.5 cm³/mol. The van der Waals surface area contributed by atoms with E-state index in [4.69, 9.17) is 0 Å². The first-order chi connectivity index (χ1) is 11.1. The summed E-state index contributed by atoms with van der Waals surface area (Å²) in [5.41, 5.74) is 2.14. The molecule has 1 N–H and O–H groups in total. The van der Waals surface area contributed by atoms with Gasteiger partial charge in [0.05, 0.1) is 4.75 Å². The van der Waals surface area contributed by atoms with Gasteiger partial charge in [-0.1, -0.05) is 60.2 Å². The minimum absolute atomic E-state index is 0.271. The lowest BCUT2D eigenvalue weighted by atomic mass is 9.97. The third-order valence-electron chi connectivity index (χ3n) is 3.81. The molecule has 0 radical (unpaired) electrons. The summed E-state index contributed by atoms with van der Waals surface area (Å²) in [5, 5.41) is 0. The number of sulfonamides is 1. The number of carbonyl (C=O) groups excluding carboxylic acids is 1. The molecular weight excluding hydrogens is 322 g/mol. The number of aryl methyl sites for hydroxylation is 1. The Morgan fingerprint density at radius 3 is 2.00 bits per heavy atom. The highest BCUT2D eigenvalue weighted by molar-refractivity contribution is 7.90. The summed E-state index contributed by atoms with van der Waals surface area (Å²) in [6.07, 6.45) is 0. The fourth-order valence-corrected chi connectivity index (χ4v) is 3.04. The third kappa shape index (κ3) is 4.10. The lowest BCUT2D eigenvalue weighted by molar-refractivity contribution is 0.0953. The second-order valence-electron chi connectivity index (χ2n) is 6.81. The van der Waals surface area contributed by atoms with Crippen molar-refractivity contribution in [3.05, 3.63) is 71.3 Å². The molecule has 0 aromatic heterocycles. The van der Waals surface area contributed by atoms with Crippen LogP contribution in [-0.4, -0.2) is 18.9 Å². The molecule has 1 atom stereocenters. The maximum atomic E-state index is 12.9. The molecular formula is C19H23NO3S. The standard InChI is InChI=1S/C19H23NO3S/c1-14-10-12-15(13-11-14)17(20-24(22,23)19(2,3)4)18(21)16-8-6-5-7-9-16/h5-13,17,20H,1-4H3/t17-/m0/s1. The number of hydrogen-bond donors (Lipinski definition) is 1. The van der Waals surface area contributed by atoms with E-state index in [0.29, 0.717) is 11.1 Å². The minimum atomic E-state index is -3.68. The lowest BCUT2D eigenvalue weighted by Crippen LogP contribution is -2.43. The van der Waals surface area contributed by atoms with E-state index in [9.17, 15) is 13.2 Å². The topological polar surface area (TPSA) is 63.2 Å². The third-order valence-corrected chi connectivity index (χ3v) is 5.97. The van der Waals surface area contributed by atoms with Crippen LogP contribution in [0.15, 0.2) is 54.6 Å². The van der Waals surface area contributed by atoms with E-state index in [0.717, 1.165) is 5.56 Å². The summed E-state index contributed by atoms with van der Waals surface area (Å²) in [7, 11) is -3.68. The van der Waals surface area contributed by atoms with Gasteiger partial charge in [-0.3, -0.25) is 4.79 Å². The second-order valence-corrected chi connectivity index (χ2v) is 9.27. The van der Waals surface area contributed by atoms with Gasteiger partial charge in [-0.25, -0.2) is 8.42 Å². The minimum Gasteiger partial charge on any atom is -0.292 e. The molecule has 0 unspecified atom stereocenters. The van der Waals surface area contributed by atoms with Crippen molar-refractivity contribution in [1.82, 2.24) is 4.72 Å². The number of Topliss-reactive ketones (excluding diaryl/α,β-unsaturated/α-hetero) is 1. The summed E-state index contributed by atoms with van der Waals surface area (Å²) in [5.74, 6) is -0.271. The molecule has 0 aliphatic rings. The highest BCUT2D eigenvalue weighted by atomic mass is 32.2. The molecule has 24 heavy (non-hydrogen) atoms. The Bertz CT molecular complexity index is 804. The zero-order valence-electron chi connectivity index (χ0n) is 14.4. The SMILES string of the molecule is Cc1ccc([C@H](NS(=O)(=O)C(C)(C)C)C(=O)c2ccccc2)cc1. The van der Waals surface area contributed by atoms with Crippen LogP contribution in [0, 0.1) is 6.92 Å². The van der Waals surface area contributed by atoms with Gasteiger partial charge in [0.2, 0.25) is 10.0 Å². The van der Waals surface area contributed by atoms with Crippen LogP contribution in [0.2, 0.25) is 0 Å². The van der Waals surface area contributed by atoms with E-state index in [2.05, 4.69) is 4.72 Å². The van der Waals surface area contributed by atoms with Crippen molar-refractivity contribution in [2.75, 3.05) is 0 Å². The molecule has 0 saturated heterocycles. The van der Waals surface area contributed by atoms with E-state index in [-0.39, 0.29) is 5.78 Å². The average Bonchev–Trinajstić information content (AvgIpc) is 2.53. The molecule has 0 aliphatic heterocycles. The largest absolute Gasteiger partial charge is 0.292 e. The smallest absolute Gasteiger partial charge is 0.217 e. The summed E-state index contributed by atoms with van der Waals surface area (Å²) in [6.45, 7) is 6.76. The van der Waals surface area contributed by atoms with Gasteiger partial charge in [-0.15, -0.1) is 0 Å². The average molecular weight is 345 g/mol. The number of carbonyl (C=O) groups is 1. The van der Waals surface area contributed by atoms with E-state index >= 15 is 0 Å². The van der Waals surface area contributed by atoms with Crippen LogP contribution >= 0.6 is 0 Å².